The molecule has 0 saturated carbocycles. The Morgan fingerprint density at radius 3 is 2.20 bits per heavy atom. The van der Waals surface area contributed by atoms with Gasteiger partial charge in [-0.3, -0.25) is 0 Å². The molecular weight excluding hydrogens is 124 g/mol. The second-order valence-corrected chi connectivity index (χ2v) is 2.18. The zero-order chi connectivity index (χ0) is 7.98. The fraction of sp³-hybridized carbons (Fsp3) is 0.556. The van der Waals surface area contributed by atoms with Gasteiger partial charge in [-0.25, -0.2) is 0 Å². The van der Waals surface area contributed by atoms with Gasteiger partial charge in [0.05, 0.1) is 5.76 Å². The van der Waals surface area contributed by atoms with Crippen molar-refractivity contribution in [3.63, 3.8) is 0 Å². The quantitative estimate of drug-likeness (QED) is 0.471. The zero-order valence-electron chi connectivity index (χ0n) is 7.02. The molecule has 1 heteroatoms. The third-order valence-electron chi connectivity index (χ3n) is 1.45. The molecule has 0 aromatic heterocycles. The maximum absolute atomic E-state index is 9.28. The van der Waals surface area contributed by atoms with E-state index >= 15 is 0 Å². The minimum Gasteiger partial charge on any atom is -0.512 e. The third-order valence-corrected chi connectivity index (χ3v) is 1.45. The highest BCUT2D eigenvalue weighted by Crippen LogP contribution is 2.10. The standard InChI is InChI=1S/C9H16O/c1-4-7-8(5-2)9(10)6-3/h4,7,10H,5-6H2,1-3H3/b7-4-,9-8+. The molecule has 0 spiro atoms. The molecular formula is C9H16O. The van der Waals surface area contributed by atoms with Crippen LogP contribution in [0.2, 0.25) is 0 Å². The Hall–Kier alpha value is -0.720. The van der Waals surface area contributed by atoms with Crippen molar-refractivity contribution in [1.82, 2.24) is 0 Å². The number of aliphatic hydroxyl groups excluding tert-OH is 1. The molecule has 0 heterocycles. The van der Waals surface area contributed by atoms with E-state index in [1.54, 1.807) is 0 Å². The fourth-order valence-corrected chi connectivity index (χ4v) is 0.846. The summed E-state index contributed by atoms with van der Waals surface area (Å²) in [5.74, 6) is 0.514. The predicted molar refractivity (Wildman–Crippen MR) is 45.1 cm³/mol. The van der Waals surface area contributed by atoms with Crippen LogP contribution in [0.25, 0.3) is 0 Å². The van der Waals surface area contributed by atoms with Crippen molar-refractivity contribution in [2.24, 2.45) is 0 Å². The minimum absolute atomic E-state index is 0.514. The molecule has 0 rings (SSSR count). The summed E-state index contributed by atoms with van der Waals surface area (Å²) in [6, 6.07) is 0. The van der Waals surface area contributed by atoms with Gasteiger partial charge >= 0.3 is 0 Å². The molecule has 0 aliphatic rings. The van der Waals surface area contributed by atoms with Gasteiger partial charge in [0.2, 0.25) is 0 Å². The molecule has 0 aromatic carbocycles. The smallest absolute Gasteiger partial charge is 0.0951 e. The van der Waals surface area contributed by atoms with Gasteiger partial charge in [-0.15, -0.1) is 0 Å². The molecule has 0 aliphatic heterocycles. The van der Waals surface area contributed by atoms with Gasteiger partial charge in [0, 0.05) is 6.42 Å². The van der Waals surface area contributed by atoms with E-state index in [0.29, 0.717) is 5.76 Å². The molecule has 1 N–H and O–H groups in total. The Kier molecular flexibility index (Phi) is 4.73. The number of hydrogen-bond acceptors (Lipinski definition) is 1. The van der Waals surface area contributed by atoms with Crippen molar-refractivity contribution in [1.29, 1.82) is 0 Å². The second kappa shape index (κ2) is 5.10. The van der Waals surface area contributed by atoms with Crippen LogP contribution >= 0.6 is 0 Å². The van der Waals surface area contributed by atoms with Gasteiger partial charge in [0.25, 0.3) is 0 Å². The lowest BCUT2D eigenvalue weighted by molar-refractivity contribution is 0.387. The van der Waals surface area contributed by atoms with Crippen molar-refractivity contribution >= 4 is 0 Å². The summed E-state index contributed by atoms with van der Waals surface area (Å²) < 4.78 is 0. The van der Waals surface area contributed by atoms with E-state index < -0.39 is 0 Å². The van der Waals surface area contributed by atoms with Gasteiger partial charge in [-0.2, -0.15) is 0 Å². The first-order valence-electron chi connectivity index (χ1n) is 3.79. The molecule has 0 radical (unpaired) electrons. The van der Waals surface area contributed by atoms with Crippen LogP contribution < -0.4 is 0 Å². The van der Waals surface area contributed by atoms with Crippen molar-refractivity contribution in [3.8, 4) is 0 Å². The van der Waals surface area contributed by atoms with E-state index in [-0.39, 0.29) is 0 Å². The Bertz CT molecular complexity index is 143. The summed E-state index contributed by atoms with van der Waals surface area (Å²) in [7, 11) is 0. The first-order valence-corrected chi connectivity index (χ1v) is 3.79. The molecule has 0 aliphatic carbocycles. The van der Waals surface area contributed by atoms with E-state index in [1.165, 1.54) is 0 Å². The van der Waals surface area contributed by atoms with E-state index in [4.69, 9.17) is 0 Å². The molecule has 10 heavy (non-hydrogen) atoms. The van der Waals surface area contributed by atoms with Crippen molar-refractivity contribution in [2.45, 2.75) is 33.6 Å². The van der Waals surface area contributed by atoms with Crippen LogP contribution in [-0.4, -0.2) is 5.11 Å². The molecule has 0 amide bonds. The lowest BCUT2D eigenvalue weighted by Gasteiger charge is -2.00. The molecule has 0 unspecified atom stereocenters. The van der Waals surface area contributed by atoms with Crippen LogP contribution in [0.1, 0.15) is 33.6 Å². The molecule has 0 aromatic rings. The summed E-state index contributed by atoms with van der Waals surface area (Å²) in [4.78, 5) is 0. The van der Waals surface area contributed by atoms with Crippen LogP contribution in [0.15, 0.2) is 23.5 Å². The summed E-state index contributed by atoms with van der Waals surface area (Å²) >= 11 is 0. The summed E-state index contributed by atoms with van der Waals surface area (Å²) in [5.41, 5.74) is 1.05. The summed E-state index contributed by atoms with van der Waals surface area (Å²) in [5, 5.41) is 9.28. The van der Waals surface area contributed by atoms with E-state index in [1.807, 2.05) is 32.9 Å². The Morgan fingerprint density at radius 2 is 1.90 bits per heavy atom. The molecule has 0 fully saturated rings. The van der Waals surface area contributed by atoms with Gasteiger partial charge in [0.1, 0.15) is 0 Å². The van der Waals surface area contributed by atoms with Gasteiger partial charge in [-0.05, 0) is 18.9 Å². The van der Waals surface area contributed by atoms with Crippen LogP contribution in [0, 0.1) is 0 Å². The number of allylic oxidation sites excluding steroid dienone is 4. The molecule has 0 atom stereocenters. The molecule has 58 valence electrons. The average molecular weight is 140 g/mol. The van der Waals surface area contributed by atoms with Gasteiger partial charge in [0.15, 0.2) is 0 Å². The van der Waals surface area contributed by atoms with Crippen molar-refractivity contribution < 1.29 is 5.11 Å². The van der Waals surface area contributed by atoms with Gasteiger partial charge in [-0.1, -0.05) is 26.0 Å². The molecule has 0 bridgehead atoms. The van der Waals surface area contributed by atoms with Crippen LogP contribution in [0.3, 0.4) is 0 Å². The van der Waals surface area contributed by atoms with Crippen molar-refractivity contribution in [3.05, 3.63) is 23.5 Å². The zero-order valence-corrected chi connectivity index (χ0v) is 7.02. The lowest BCUT2D eigenvalue weighted by Crippen LogP contribution is -1.84. The highest BCUT2D eigenvalue weighted by atomic mass is 16.3. The predicted octanol–water partition coefficient (Wildman–Crippen LogP) is 3.19. The lowest BCUT2D eigenvalue weighted by atomic mass is 10.1. The first kappa shape index (κ1) is 9.28. The highest BCUT2D eigenvalue weighted by Gasteiger charge is 1.95. The SMILES string of the molecule is C/C=C\C(CC)=C(\O)CC. The third kappa shape index (κ3) is 2.72. The number of hydrogen-bond donors (Lipinski definition) is 1. The van der Waals surface area contributed by atoms with Crippen LogP contribution in [0.5, 0.6) is 0 Å². The van der Waals surface area contributed by atoms with Gasteiger partial charge < -0.3 is 5.11 Å². The van der Waals surface area contributed by atoms with Crippen LogP contribution in [-0.2, 0) is 0 Å². The maximum atomic E-state index is 9.28. The monoisotopic (exact) mass is 140 g/mol. The van der Waals surface area contributed by atoms with Crippen LogP contribution in [0.4, 0.5) is 0 Å². The fourth-order valence-electron chi connectivity index (χ4n) is 0.846. The second-order valence-electron chi connectivity index (χ2n) is 2.18. The number of aliphatic hydroxyl groups is 1. The van der Waals surface area contributed by atoms with Crippen molar-refractivity contribution in [2.75, 3.05) is 0 Å². The Balaban J connectivity index is 4.29. The largest absolute Gasteiger partial charge is 0.512 e. The summed E-state index contributed by atoms with van der Waals surface area (Å²) in [6.07, 6.45) is 5.54. The van der Waals surface area contributed by atoms with E-state index in [9.17, 15) is 5.11 Å². The Labute approximate surface area is 63.1 Å². The normalized spacial score (nSPS) is 13.9. The average Bonchev–Trinajstić information content (AvgIpc) is 1.99. The topological polar surface area (TPSA) is 20.2 Å². The Morgan fingerprint density at radius 1 is 1.30 bits per heavy atom. The minimum atomic E-state index is 0.514. The number of rotatable bonds is 3. The first-order chi connectivity index (χ1) is 4.76. The molecule has 0 saturated heterocycles. The highest BCUT2D eigenvalue weighted by molar-refractivity contribution is 5.20. The molecule has 1 nitrogen and oxygen atoms in total. The van der Waals surface area contributed by atoms with E-state index in [0.717, 1.165) is 18.4 Å². The summed E-state index contributed by atoms with van der Waals surface area (Å²) in [6.45, 7) is 5.95. The maximum Gasteiger partial charge on any atom is 0.0951 e. The van der Waals surface area contributed by atoms with E-state index in [2.05, 4.69) is 0 Å².